The number of fused-ring (bicyclic) bond motifs is 1. The second-order valence-corrected chi connectivity index (χ2v) is 8.65. The molecule has 6 nitrogen and oxygen atoms in total. The standard InChI is InChI=1S/C27H19ClF3N3O3/c1-15-9-17(16(2)34(15)19-7-8-23(28)22(11-19)27(29,30)31)10-18(12-32)26(36)37-14-25(35)21-13-33-24-6-4-3-5-20(21)24/h3-11,13,33H,14H2,1-2H3. The van der Waals surface area contributed by atoms with Crippen molar-refractivity contribution in [3.05, 3.63) is 93.4 Å². The number of hydrogen-bond donors (Lipinski definition) is 1. The van der Waals surface area contributed by atoms with Gasteiger partial charge in [-0.1, -0.05) is 29.8 Å². The number of carbonyl (C=O) groups excluding carboxylic acids is 2. The van der Waals surface area contributed by atoms with Crippen molar-refractivity contribution >= 4 is 40.3 Å². The molecule has 0 aliphatic carbocycles. The van der Waals surface area contributed by atoms with Crippen LogP contribution in [0.2, 0.25) is 5.02 Å². The van der Waals surface area contributed by atoms with Gasteiger partial charge in [0.25, 0.3) is 0 Å². The van der Waals surface area contributed by atoms with Gasteiger partial charge in [0.2, 0.25) is 5.78 Å². The molecule has 0 aliphatic rings. The quantitative estimate of drug-likeness (QED) is 0.133. The molecule has 0 fully saturated rings. The minimum absolute atomic E-state index is 0.219. The van der Waals surface area contributed by atoms with E-state index in [1.807, 2.05) is 6.07 Å². The number of aryl methyl sites for hydroxylation is 1. The number of esters is 1. The summed E-state index contributed by atoms with van der Waals surface area (Å²) in [7, 11) is 0. The average Bonchev–Trinajstić information content (AvgIpc) is 3.41. The van der Waals surface area contributed by atoms with Crippen LogP contribution in [0.1, 0.15) is 32.9 Å². The largest absolute Gasteiger partial charge is 0.453 e. The molecule has 0 bridgehead atoms. The number of halogens is 4. The molecule has 0 radical (unpaired) electrons. The van der Waals surface area contributed by atoms with Crippen LogP contribution in [0.4, 0.5) is 13.2 Å². The third-order valence-electron chi connectivity index (χ3n) is 5.85. The molecule has 2 heterocycles. The summed E-state index contributed by atoms with van der Waals surface area (Å²) in [6, 6.07) is 14.1. The summed E-state index contributed by atoms with van der Waals surface area (Å²) in [5, 5.41) is 9.80. The number of hydrogen-bond acceptors (Lipinski definition) is 4. The van der Waals surface area contributed by atoms with Crippen LogP contribution in [0.5, 0.6) is 0 Å². The molecule has 4 rings (SSSR count). The zero-order valence-electron chi connectivity index (χ0n) is 19.6. The molecular weight excluding hydrogens is 507 g/mol. The van der Waals surface area contributed by atoms with Crippen molar-refractivity contribution in [1.82, 2.24) is 9.55 Å². The molecular formula is C27H19ClF3N3O3. The number of ketones is 1. The molecule has 0 saturated carbocycles. The maximum absolute atomic E-state index is 13.3. The van der Waals surface area contributed by atoms with Gasteiger partial charge in [0, 0.05) is 39.7 Å². The molecule has 0 saturated heterocycles. The number of ether oxygens (including phenoxy) is 1. The normalized spacial score (nSPS) is 12.0. The molecule has 188 valence electrons. The number of Topliss-reactive ketones (excluding diaryl/α,β-unsaturated/α-hetero) is 1. The summed E-state index contributed by atoms with van der Waals surface area (Å²) in [6.07, 6.45) is -1.83. The summed E-state index contributed by atoms with van der Waals surface area (Å²) in [5.74, 6) is -1.43. The van der Waals surface area contributed by atoms with Crippen molar-refractivity contribution in [2.75, 3.05) is 6.61 Å². The molecule has 0 unspecified atom stereocenters. The van der Waals surface area contributed by atoms with Gasteiger partial charge in [-0.3, -0.25) is 4.79 Å². The van der Waals surface area contributed by atoms with Crippen LogP contribution in [-0.2, 0) is 15.7 Å². The van der Waals surface area contributed by atoms with Gasteiger partial charge in [0.15, 0.2) is 6.61 Å². The highest BCUT2D eigenvalue weighted by Crippen LogP contribution is 2.36. The highest BCUT2D eigenvalue weighted by Gasteiger charge is 2.33. The maximum atomic E-state index is 13.3. The number of H-pyrrole nitrogens is 1. The molecule has 10 heteroatoms. The SMILES string of the molecule is Cc1cc(C=C(C#N)C(=O)OCC(=O)c2c[nH]c3ccccc23)c(C)n1-c1ccc(Cl)c(C(F)(F)F)c1. The Kier molecular flexibility index (Phi) is 6.96. The second kappa shape index (κ2) is 9.99. The van der Waals surface area contributed by atoms with Crippen LogP contribution in [0.3, 0.4) is 0 Å². The zero-order valence-corrected chi connectivity index (χ0v) is 20.4. The van der Waals surface area contributed by atoms with Gasteiger partial charge in [-0.05, 0) is 55.8 Å². The minimum Gasteiger partial charge on any atom is -0.453 e. The summed E-state index contributed by atoms with van der Waals surface area (Å²) in [6.45, 7) is 2.75. The number of rotatable bonds is 6. The number of para-hydroxylation sites is 1. The van der Waals surface area contributed by atoms with Crippen LogP contribution >= 0.6 is 11.6 Å². The first-order valence-corrected chi connectivity index (χ1v) is 11.3. The Morgan fingerprint density at radius 3 is 2.59 bits per heavy atom. The van der Waals surface area contributed by atoms with Gasteiger partial charge in [-0.25, -0.2) is 4.79 Å². The van der Waals surface area contributed by atoms with E-state index in [4.69, 9.17) is 16.3 Å². The third kappa shape index (κ3) is 5.15. The Balaban J connectivity index is 1.57. The zero-order chi connectivity index (χ0) is 26.9. The number of nitrogens with zero attached hydrogens (tertiary/aromatic N) is 2. The Morgan fingerprint density at radius 1 is 1.16 bits per heavy atom. The molecule has 2 aromatic carbocycles. The summed E-state index contributed by atoms with van der Waals surface area (Å²) in [5.41, 5.74) is 1.48. The van der Waals surface area contributed by atoms with Gasteiger partial charge in [0.05, 0.1) is 10.6 Å². The van der Waals surface area contributed by atoms with Crippen LogP contribution in [0.25, 0.3) is 22.7 Å². The van der Waals surface area contributed by atoms with E-state index in [1.165, 1.54) is 18.3 Å². The number of aromatic amines is 1. The van der Waals surface area contributed by atoms with E-state index < -0.39 is 35.1 Å². The summed E-state index contributed by atoms with van der Waals surface area (Å²) in [4.78, 5) is 28.1. The maximum Gasteiger partial charge on any atom is 0.417 e. The number of alkyl halides is 3. The van der Waals surface area contributed by atoms with E-state index in [-0.39, 0.29) is 11.3 Å². The fourth-order valence-electron chi connectivity index (χ4n) is 4.08. The van der Waals surface area contributed by atoms with Crippen molar-refractivity contribution in [3.8, 4) is 11.8 Å². The number of nitrogens with one attached hydrogen (secondary N) is 1. The topological polar surface area (TPSA) is 87.9 Å². The number of benzene rings is 2. The third-order valence-corrected chi connectivity index (χ3v) is 6.18. The van der Waals surface area contributed by atoms with Gasteiger partial charge >= 0.3 is 12.1 Å². The van der Waals surface area contributed by atoms with Crippen molar-refractivity contribution in [2.24, 2.45) is 0 Å². The van der Waals surface area contributed by atoms with Gasteiger partial charge in [-0.2, -0.15) is 18.4 Å². The van der Waals surface area contributed by atoms with E-state index >= 15 is 0 Å². The Labute approximate surface area is 214 Å². The van der Waals surface area contributed by atoms with Crippen molar-refractivity contribution in [2.45, 2.75) is 20.0 Å². The van der Waals surface area contributed by atoms with Crippen molar-refractivity contribution in [1.29, 1.82) is 5.26 Å². The minimum atomic E-state index is -4.63. The fraction of sp³-hybridized carbons (Fsp3) is 0.148. The van der Waals surface area contributed by atoms with E-state index in [9.17, 15) is 28.0 Å². The van der Waals surface area contributed by atoms with Gasteiger partial charge in [0.1, 0.15) is 11.6 Å². The first-order chi connectivity index (χ1) is 17.5. The Morgan fingerprint density at radius 2 is 1.89 bits per heavy atom. The van der Waals surface area contributed by atoms with Crippen LogP contribution < -0.4 is 0 Å². The monoisotopic (exact) mass is 525 g/mol. The lowest BCUT2D eigenvalue weighted by atomic mass is 10.1. The summed E-state index contributed by atoms with van der Waals surface area (Å²) >= 11 is 5.74. The lowest BCUT2D eigenvalue weighted by Gasteiger charge is -2.14. The fourth-order valence-corrected chi connectivity index (χ4v) is 4.31. The van der Waals surface area contributed by atoms with Crippen LogP contribution in [0, 0.1) is 25.2 Å². The lowest BCUT2D eigenvalue weighted by molar-refractivity contribution is -0.138. The van der Waals surface area contributed by atoms with Crippen molar-refractivity contribution < 1.29 is 27.5 Å². The number of nitriles is 1. The molecule has 0 spiro atoms. The molecule has 2 aromatic heterocycles. The first-order valence-electron chi connectivity index (χ1n) is 11.0. The molecule has 0 amide bonds. The first kappa shape index (κ1) is 25.8. The molecule has 0 atom stereocenters. The van der Waals surface area contributed by atoms with Crippen molar-refractivity contribution in [3.63, 3.8) is 0 Å². The second-order valence-electron chi connectivity index (χ2n) is 8.24. The predicted octanol–water partition coefficient (Wildman–Crippen LogP) is 6.58. The highest BCUT2D eigenvalue weighted by atomic mass is 35.5. The van der Waals surface area contributed by atoms with Crippen LogP contribution in [-0.4, -0.2) is 27.9 Å². The predicted molar refractivity (Wildman–Crippen MR) is 132 cm³/mol. The Hall–Kier alpha value is -4.29. The average molecular weight is 526 g/mol. The number of carbonyl (C=O) groups is 2. The van der Waals surface area contributed by atoms with E-state index in [0.29, 0.717) is 27.9 Å². The van der Waals surface area contributed by atoms with Crippen LogP contribution in [0.15, 0.2) is 60.3 Å². The smallest absolute Gasteiger partial charge is 0.417 e. The number of aromatic nitrogens is 2. The molecule has 4 aromatic rings. The van der Waals surface area contributed by atoms with E-state index in [0.717, 1.165) is 17.6 Å². The lowest BCUT2D eigenvalue weighted by Crippen LogP contribution is -2.15. The molecule has 0 aliphatic heterocycles. The summed E-state index contributed by atoms with van der Waals surface area (Å²) < 4.78 is 46.7. The van der Waals surface area contributed by atoms with E-state index in [2.05, 4.69) is 4.98 Å². The molecule has 37 heavy (non-hydrogen) atoms. The van der Waals surface area contributed by atoms with Gasteiger partial charge in [-0.15, -0.1) is 0 Å². The van der Waals surface area contributed by atoms with Gasteiger partial charge < -0.3 is 14.3 Å². The Bertz CT molecular complexity index is 1610. The highest BCUT2D eigenvalue weighted by molar-refractivity contribution is 6.31. The molecule has 1 N–H and O–H groups in total. The van der Waals surface area contributed by atoms with E-state index in [1.54, 1.807) is 48.7 Å².